The number of amides is 1. The Balaban J connectivity index is 2.18. The largest absolute Gasteiger partial charge is 0.306 e. The van der Waals surface area contributed by atoms with Crippen LogP contribution in [0.2, 0.25) is 0 Å². The first-order valence-corrected chi connectivity index (χ1v) is 5.84. The lowest BCUT2D eigenvalue weighted by molar-refractivity contribution is 0.102. The SMILES string of the molecule is CCc1nn(C)cc1C(=O)Nc1ccc(C#N)cn1. The highest BCUT2D eigenvalue weighted by molar-refractivity contribution is 6.04. The highest BCUT2D eigenvalue weighted by Gasteiger charge is 2.14. The van der Waals surface area contributed by atoms with Gasteiger partial charge in [-0.25, -0.2) is 4.98 Å². The number of carbonyl (C=O) groups excluding carboxylic acids is 1. The first-order valence-electron chi connectivity index (χ1n) is 5.84. The summed E-state index contributed by atoms with van der Waals surface area (Å²) >= 11 is 0. The van der Waals surface area contributed by atoms with Crippen molar-refractivity contribution >= 4 is 11.7 Å². The van der Waals surface area contributed by atoms with Gasteiger partial charge in [0.2, 0.25) is 0 Å². The fourth-order valence-electron chi connectivity index (χ4n) is 1.70. The van der Waals surface area contributed by atoms with Crippen molar-refractivity contribution in [2.75, 3.05) is 5.32 Å². The van der Waals surface area contributed by atoms with Crippen LogP contribution < -0.4 is 5.32 Å². The summed E-state index contributed by atoms with van der Waals surface area (Å²) in [6.07, 6.45) is 3.78. The molecular weight excluding hydrogens is 242 g/mol. The predicted molar refractivity (Wildman–Crippen MR) is 69.5 cm³/mol. The molecule has 0 spiro atoms. The first kappa shape index (κ1) is 12.8. The van der Waals surface area contributed by atoms with Gasteiger partial charge in [-0.15, -0.1) is 0 Å². The summed E-state index contributed by atoms with van der Waals surface area (Å²) in [7, 11) is 1.77. The molecule has 2 aromatic heterocycles. The molecule has 0 aliphatic carbocycles. The van der Waals surface area contributed by atoms with E-state index in [4.69, 9.17) is 5.26 Å². The van der Waals surface area contributed by atoms with Gasteiger partial charge in [0, 0.05) is 19.4 Å². The molecule has 0 unspecified atom stereocenters. The maximum absolute atomic E-state index is 12.1. The maximum atomic E-state index is 12.1. The summed E-state index contributed by atoms with van der Waals surface area (Å²) in [5, 5.41) is 15.6. The molecule has 2 rings (SSSR count). The van der Waals surface area contributed by atoms with Crippen LogP contribution in [0, 0.1) is 11.3 Å². The summed E-state index contributed by atoms with van der Waals surface area (Å²) in [6, 6.07) is 5.17. The number of pyridine rings is 1. The van der Waals surface area contributed by atoms with E-state index in [0.29, 0.717) is 23.4 Å². The van der Waals surface area contributed by atoms with Crippen LogP contribution in [-0.4, -0.2) is 20.7 Å². The Bertz CT molecular complexity index is 636. The molecule has 0 atom stereocenters. The Morgan fingerprint density at radius 3 is 2.89 bits per heavy atom. The van der Waals surface area contributed by atoms with Gasteiger partial charge in [0.05, 0.1) is 16.8 Å². The number of nitriles is 1. The Morgan fingerprint density at radius 1 is 1.53 bits per heavy atom. The van der Waals surface area contributed by atoms with Crippen LogP contribution in [0.15, 0.2) is 24.5 Å². The zero-order valence-electron chi connectivity index (χ0n) is 10.7. The molecule has 0 fully saturated rings. The summed E-state index contributed by atoms with van der Waals surface area (Å²) in [5.74, 6) is 0.164. The summed E-state index contributed by atoms with van der Waals surface area (Å²) in [5.41, 5.74) is 1.73. The van der Waals surface area contributed by atoms with Crippen molar-refractivity contribution in [2.45, 2.75) is 13.3 Å². The lowest BCUT2D eigenvalue weighted by Gasteiger charge is -2.03. The van der Waals surface area contributed by atoms with E-state index in [2.05, 4.69) is 15.4 Å². The van der Waals surface area contributed by atoms with Crippen LogP contribution in [-0.2, 0) is 13.5 Å². The Kier molecular flexibility index (Phi) is 3.57. The van der Waals surface area contributed by atoms with Gasteiger partial charge in [-0.1, -0.05) is 6.92 Å². The second-order valence-corrected chi connectivity index (χ2v) is 4.01. The van der Waals surface area contributed by atoms with E-state index < -0.39 is 0 Å². The van der Waals surface area contributed by atoms with Gasteiger partial charge in [0.1, 0.15) is 11.9 Å². The molecule has 96 valence electrons. The van der Waals surface area contributed by atoms with Gasteiger partial charge in [-0.05, 0) is 18.6 Å². The van der Waals surface area contributed by atoms with Gasteiger partial charge >= 0.3 is 0 Å². The quantitative estimate of drug-likeness (QED) is 0.900. The molecule has 1 amide bonds. The minimum Gasteiger partial charge on any atom is -0.306 e. The van der Waals surface area contributed by atoms with Crippen molar-refractivity contribution in [3.8, 4) is 6.07 Å². The predicted octanol–water partition coefficient (Wildman–Crippen LogP) is 1.50. The van der Waals surface area contributed by atoms with E-state index in [9.17, 15) is 4.79 Å². The Hall–Kier alpha value is -2.68. The van der Waals surface area contributed by atoms with Gasteiger partial charge in [0.25, 0.3) is 5.91 Å². The molecule has 6 nitrogen and oxygen atoms in total. The van der Waals surface area contributed by atoms with Gasteiger partial charge < -0.3 is 5.32 Å². The molecule has 0 saturated carbocycles. The van der Waals surface area contributed by atoms with Crippen LogP contribution in [0.1, 0.15) is 28.5 Å². The minimum atomic E-state index is -0.248. The number of hydrogen-bond donors (Lipinski definition) is 1. The van der Waals surface area contributed by atoms with E-state index in [1.807, 2.05) is 13.0 Å². The highest BCUT2D eigenvalue weighted by Crippen LogP contribution is 2.11. The zero-order chi connectivity index (χ0) is 13.8. The zero-order valence-corrected chi connectivity index (χ0v) is 10.7. The summed E-state index contributed by atoms with van der Waals surface area (Å²) < 4.78 is 1.61. The topological polar surface area (TPSA) is 83.6 Å². The Morgan fingerprint density at radius 2 is 2.32 bits per heavy atom. The summed E-state index contributed by atoms with van der Waals surface area (Å²) in [4.78, 5) is 16.1. The smallest absolute Gasteiger partial charge is 0.260 e. The Labute approximate surface area is 110 Å². The van der Waals surface area contributed by atoms with Crippen molar-refractivity contribution in [3.05, 3.63) is 41.3 Å². The second kappa shape index (κ2) is 5.31. The van der Waals surface area contributed by atoms with Gasteiger partial charge in [-0.3, -0.25) is 9.48 Å². The molecule has 2 heterocycles. The number of aromatic nitrogens is 3. The van der Waals surface area contributed by atoms with Crippen molar-refractivity contribution in [2.24, 2.45) is 7.05 Å². The van der Waals surface area contributed by atoms with E-state index in [1.165, 1.54) is 6.20 Å². The second-order valence-electron chi connectivity index (χ2n) is 4.01. The number of carbonyl (C=O) groups is 1. The van der Waals surface area contributed by atoms with Gasteiger partial charge in [0.15, 0.2) is 0 Å². The van der Waals surface area contributed by atoms with Crippen LogP contribution in [0.3, 0.4) is 0 Å². The monoisotopic (exact) mass is 255 g/mol. The van der Waals surface area contributed by atoms with Crippen molar-refractivity contribution < 1.29 is 4.79 Å². The third-order valence-electron chi connectivity index (χ3n) is 2.62. The molecule has 0 aliphatic rings. The lowest BCUT2D eigenvalue weighted by Crippen LogP contribution is -2.14. The molecule has 19 heavy (non-hydrogen) atoms. The van der Waals surface area contributed by atoms with Crippen LogP contribution in [0.4, 0.5) is 5.82 Å². The van der Waals surface area contributed by atoms with E-state index >= 15 is 0 Å². The van der Waals surface area contributed by atoms with Crippen LogP contribution in [0.25, 0.3) is 0 Å². The number of nitrogens with zero attached hydrogens (tertiary/aromatic N) is 4. The minimum absolute atomic E-state index is 0.248. The number of anilines is 1. The van der Waals surface area contributed by atoms with E-state index in [0.717, 1.165) is 5.69 Å². The average molecular weight is 255 g/mol. The molecule has 2 aromatic rings. The van der Waals surface area contributed by atoms with E-state index in [-0.39, 0.29) is 5.91 Å². The maximum Gasteiger partial charge on any atom is 0.260 e. The van der Waals surface area contributed by atoms with Crippen molar-refractivity contribution in [3.63, 3.8) is 0 Å². The number of rotatable bonds is 3. The van der Waals surface area contributed by atoms with Crippen molar-refractivity contribution in [1.82, 2.24) is 14.8 Å². The van der Waals surface area contributed by atoms with E-state index in [1.54, 1.807) is 30.1 Å². The molecule has 1 N–H and O–H groups in total. The lowest BCUT2D eigenvalue weighted by atomic mass is 10.2. The third-order valence-corrected chi connectivity index (χ3v) is 2.62. The number of hydrogen-bond acceptors (Lipinski definition) is 4. The standard InChI is InChI=1S/C13H13N5O/c1-3-11-10(8-18(2)17-11)13(19)16-12-5-4-9(6-14)7-15-12/h4-5,7-8H,3H2,1-2H3,(H,15,16,19). The molecule has 0 aromatic carbocycles. The van der Waals surface area contributed by atoms with Crippen LogP contribution in [0.5, 0.6) is 0 Å². The van der Waals surface area contributed by atoms with Gasteiger partial charge in [-0.2, -0.15) is 10.4 Å². The first-order chi connectivity index (χ1) is 9.13. The van der Waals surface area contributed by atoms with Crippen LogP contribution >= 0.6 is 0 Å². The number of nitrogens with one attached hydrogen (secondary N) is 1. The summed E-state index contributed by atoms with van der Waals surface area (Å²) in [6.45, 7) is 1.94. The average Bonchev–Trinajstić information content (AvgIpc) is 2.81. The fourth-order valence-corrected chi connectivity index (χ4v) is 1.70. The molecule has 6 heteroatoms. The van der Waals surface area contributed by atoms with Crippen molar-refractivity contribution in [1.29, 1.82) is 5.26 Å². The molecule has 0 aliphatic heterocycles. The highest BCUT2D eigenvalue weighted by atomic mass is 16.1. The molecule has 0 bridgehead atoms. The fraction of sp³-hybridized carbons (Fsp3) is 0.231. The molecule has 0 saturated heterocycles. The number of aryl methyl sites for hydroxylation is 2. The molecule has 0 radical (unpaired) electrons. The molecular formula is C13H13N5O. The normalized spacial score (nSPS) is 9.95. The third kappa shape index (κ3) is 2.77.